The van der Waals surface area contributed by atoms with Crippen molar-refractivity contribution in [3.05, 3.63) is 47.8 Å². The summed E-state index contributed by atoms with van der Waals surface area (Å²) in [5.41, 5.74) is 1.70. The standard InChI is InChI=1S/C17H21N3O3/c1-2-3-4-8-16(21)18-12-13-6-5-7-14(11-13)20-10-9-15(19-20)17(22)23/h5-7,9-11H,2-4,8,12H2,1H3,(H,18,21)(H,22,23). The second-order valence-corrected chi connectivity index (χ2v) is 5.35. The van der Waals surface area contributed by atoms with Crippen LogP contribution in [0.4, 0.5) is 0 Å². The van der Waals surface area contributed by atoms with Crippen LogP contribution in [0.3, 0.4) is 0 Å². The lowest BCUT2D eigenvalue weighted by Gasteiger charge is -2.07. The van der Waals surface area contributed by atoms with Crippen LogP contribution < -0.4 is 5.32 Å². The average molecular weight is 315 g/mol. The Hall–Kier alpha value is -2.63. The van der Waals surface area contributed by atoms with Gasteiger partial charge in [0.1, 0.15) is 0 Å². The SMILES string of the molecule is CCCCCC(=O)NCc1cccc(-n2ccc(C(=O)O)n2)c1. The third-order valence-electron chi connectivity index (χ3n) is 3.48. The van der Waals surface area contributed by atoms with Gasteiger partial charge in [-0.2, -0.15) is 5.10 Å². The highest BCUT2D eigenvalue weighted by Gasteiger charge is 2.08. The Morgan fingerprint density at radius 3 is 2.78 bits per heavy atom. The first-order valence-corrected chi connectivity index (χ1v) is 7.75. The van der Waals surface area contributed by atoms with Gasteiger partial charge in [0, 0.05) is 19.2 Å². The van der Waals surface area contributed by atoms with Gasteiger partial charge in [0.05, 0.1) is 5.69 Å². The number of carbonyl (C=O) groups excluding carboxylic acids is 1. The Kier molecular flexibility index (Phi) is 5.91. The molecular formula is C17H21N3O3. The van der Waals surface area contributed by atoms with Gasteiger partial charge in [-0.05, 0) is 30.2 Å². The van der Waals surface area contributed by atoms with Gasteiger partial charge in [-0.15, -0.1) is 0 Å². The summed E-state index contributed by atoms with van der Waals surface area (Å²) in [5.74, 6) is -1.00. The lowest BCUT2D eigenvalue weighted by Crippen LogP contribution is -2.22. The van der Waals surface area contributed by atoms with Crippen LogP contribution in [0.25, 0.3) is 5.69 Å². The number of unbranched alkanes of at least 4 members (excludes halogenated alkanes) is 2. The first kappa shape index (κ1) is 16.7. The molecule has 2 rings (SSSR count). The molecule has 0 aliphatic rings. The zero-order chi connectivity index (χ0) is 16.7. The summed E-state index contributed by atoms with van der Waals surface area (Å²) in [6.07, 6.45) is 5.22. The Morgan fingerprint density at radius 2 is 2.09 bits per heavy atom. The molecule has 1 heterocycles. The number of nitrogens with one attached hydrogen (secondary N) is 1. The quantitative estimate of drug-likeness (QED) is 0.734. The van der Waals surface area contributed by atoms with E-state index in [4.69, 9.17) is 5.11 Å². The summed E-state index contributed by atoms with van der Waals surface area (Å²) in [7, 11) is 0. The fraction of sp³-hybridized carbons (Fsp3) is 0.353. The molecule has 0 aliphatic heterocycles. The van der Waals surface area contributed by atoms with Crippen LogP contribution in [0.1, 0.15) is 48.7 Å². The molecule has 2 N–H and O–H groups in total. The van der Waals surface area contributed by atoms with E-state index in [1.165, 1.54) is 10.7 Å². The molecule has 0 bridgehead atoms. The fourth-order valence-electron chi connectivity index (χ4n) is 2.22. The van der Waals surface area contributed by atoms with Gasteiger partial charge in [-0.3, -0.25) is 4.79 Å². The fourth-order valence-corrected chi connectivity index (χ4v) is 2.22. The maximum Gasteiger partial charge on any atom is 0.356 e. The maximum absolute atomic E-state index is 11.7. The van der Waals surface area contributed by atoms with Crippen LogP contribution in [-0.4, -0.2) is 26.8 Å². The van der Waals surface area contributed by atoms with E-state index >= 15 is 0 Å². The van der Waals surface area contributed by atoms with E-state index in [1.807, 2.05) is 24.3 Å². The van der Waals surface area contributed by atoms with Crippen LogP contribution in [0.5, 0.6) is 0 Å². The number of benzene rings is 1. The van der Waals surface area contributed by atoms with Gasteiger partial charge in [-0.25, -0.2) is 9.48 Å². The monoisotopic (exact) mass is 315 g/mol. The summed E-state index contributed by atoms with van der Waals surface area (Å²) in [6.45, 7) is 2.56. The predicted octanol–water partition coefficient (Wildman–Crippen LogP) is 2.77. The van der Waals surface area contributed by atoms with E-state index in [0.717, 1.165) is 30.5 Å². The molecule has 0 unspecified atom stereocenters. The van der Waals surface area contributed by atoms with Gasteiger partial charge >= 0.3 is 5.97 Å². The van der Waals surface area contributed by atoms with Crippen molar-refractivity contribution in [1.82, 2.24) is 15.1 Å². The number of hydrogen-bond donors (Lipinski definition) is 2. The zero-order valence-corrected chi connectivity index (χ0v) is 13.2. The average Bonchev–Trinajstić information content (AvgIpc) is 3.04. The highest BCUT2D eigenvalue weighted by atomic mass is 16.4. The number of aromatic carboxylic acids is 1. The molecule has 6 nitrogen and oxygen atoms in total. The van der Waals surface area contributed by atoms with Crippen molar-refractivity contribution in [1.29, 1.82) is 0 Å². The Morgan fingerprint density at radius 1 is 1.26 bits per heavy atom. The number of rotatable bonds is 8. The zero-order valence-electron chi connectivity index (χ0n) is 13.2. The molecular weight excluding hydrogens is 294 g/mol. The smallest absolute Gasteiger partial charge is 0.356 e. The Labute approximate surface area is 135 Å². The van der Waals surface area contributed by atoms with E-state index in [2.05, 4.69) is 17.3 Å². The molecule has 1 aromatic heterocycles. The first-order chi connectivity index (χ1) is 11.1. The summed E-state index contributed by atoms with van der Waals surface area (Å²) >= 11 is 0. The molecule has 0 atom stereocenters. The predicted molar refractivity (Wildman–Crippen MR) is 86.5 cm³/mol. The number of carboxylic acids is 1. The number of hydrogen-bond acceptors (Lipinski definition) is 3. The Bertz CT molecular complexity index is 679. The van der Waals surface area contributed by atoms with Crippen molar-refractivity contribution in [2.24, 2.45) is 0 Å². The van der Waals surface area contributed by atoms with E-state index < -0.39 is 5.97 Å². The largest absolute Gasteiger partial charge is 0.476 e. The number of carbonyl (C=O) groups is 2. The molecule has 0 spiro atoms. The molecule has 0 saturated carbocycles. The minimum absolute atomic E-state index is 0.000343. The maximum atomic E-state index is 11.7. The van der Waals surface area contributed by atoms with Crippen molar-refractivity contribution < 1.29 is 14.7 Å². The second kappa shape index (κ2) is 8.12. The third-order valence-corrected chi connectivity index (χ3v) is 3.48. The molecule has 122 valence electrons. The Balaban J connectivity index is 1.96. The molecule has 0 aliphatic carbocycles. The third kappa shape index (κ3) is 4.95. The molecule has 0 fully saturated rings. The molecule has 0 radical (unpaired) electrons. The molecule has 23 heavy (non-hydrogen) atoms. The number of carboxylic acid groups (broad SMARTS) is 1. The van der Waals surface area contributed by atoms with Crippen molar-refractivity contribution in [3.8, 4) is 5.69 Å². The van der Waals surface area contributed by atoms with E-state index in [-0.39, 0.29) is 11.6 Å². The van der Waals surface area contributed by atoms with E-state index in [0.29, 0.717) is 13.0 Å². The highest BCUT2D eigenvalue weighted by molar-refractivity contribution is 5.85. The van der Waals surface area contributed by atoms with Crippen LogP contribution in [0.2, 0.25) is 0 Å². The number of amides is 1. The van der Waals surface area contributed by atoms with Gasteiger partial charge in [0.25, 0.3) is 0 Å². The van der Waals surface area contributed by atoms with Gasteiger partial charge in [0.15, 0.2) is 5.69 Å². The van der Waals surface area contributed by atoms with Gasteiger partial charge < -0.3 is 10.4 Å². The van der Waals surface area contributed by atoms with Gasteiger partial charge in [0.2, 0.25) is 5.91 Å². The minimum atomic E-state index is -1.06. The second-order valence-electron chi connectivity index (χ2n) is 5.35. The lowest BCUT2D eigenvalue weighted by atomic mass is 10.2. The minimum Gasteiger partial charge on any atom is -0.476 e. The number of aromatic nitrogens is 2. The topological polar surface area (TPSA) is 84.2 Å². The van der Waals surface area contributed by atoms with Crippen molar-refractivity contribution >= 4 is 11.9 Å². The molecule has 2 aromatic rings. The molecule has 6 heteroatoms. The molecule has 1 amide bonds. The van der Waals surface area contributed by atoms with Crippen LogP contribution in [-0.2, 0) is 11.3 Å². The van der Waals surface area contributed by atoms with E-state index in [9.17, 15) is 9.59 Å². The lowest BCUT2D eigenvalue weighted by molar-refractivity contribution is -0.121. The van der Waals surface area contributed by atoms with Crippen LogP contribution >= 0.6 is 0 Å². The molecule has 0 saturated heterocycles. The van der Waals surface area contributed by atoms with Crippen molar-refractivity contribution in [2.75, 3.05) is 0 Å². The first-order valence-electron chi connectivity index (χ1n) is 7.75. The van der Waals surface area contributed by atoms with Crippen LogP contribution in [0, 0.1) is 0 Å². The van der Waals surface area contributed by atoms with Crippen LogP contribution in [0.15, 0.2) is 36.5 Å². The number of nitrogens with zero attached hydrogens (tertiary/aromatic N) is 2. The molecule has 1 aromatic carbocycles. The van der Waals surface area contributed by atoms with Crippen molar-refractivity contribution in [3.63, 3.8) is 0 Å². The summed E-state index contributed by atoms with van der Waals surface area (Å²) in [4.78, 5) is 22.6. The normalized spacial score (nSPS) is 10.5. The summed E-state index contributed by atoms with van der Waals surface area (Å²) < 4.78 is 1.51. The van der Waals surface area contributed by atoms with Gasteiger partial charge in [-0.1, -0.05) is 31.9 Å². The highest BCUT2D eigenvalue weighted by Crippen LogP contribution is 2.11. The summed E-state index contributed by atoms with van der Waals surface area (Å²) in [5, 5.41) is 15.8. The van der Waals surface area contributed by atoms with E-state index in [1.54, 1.807) is 6.20 Å². The van der Waals surface area contributed by atoms with Crippen molar-refractivity contribution in [2.45, 2.75) is 39.2 Å². The summed E-state index contributed by atoms with van der Waals surface area (Å²) in [6, 6.07) is 8.94.